The van der Waals surface area contributed by atoms with E-state index < -0.39 is 0 Å². The second-order valence-corrected chi connectivity index (χ2v) is 9.23. The smallest absolute Gasteiger partial charge is 0.252 e. The number of aryl methyl sites for hydroxylation is 1. The number of Topliss-reactive ketones (excluding diaryl/α,β-unsaturated/α-hetero) is 1. The highest BCUT2D eigenvalue weighted by Crippen LogP contribution is 2.42. The topological polar surface area (TPSA) is 76.6 Å². The first kappa shape index (κ1) is 24.6. The first-order chi connectivity index (χ1) is 16.0. The Morgan fingerprint density at radius 3 is 2.61 bits per heavy atom. The number of pyridine rings is 1. The molecule has 0 unspecified atom stereocenters. The highest BCUT2D eigenvalue weighted by atomic mass is 32.2. The van der Waals surface area contributed by atoms with Crippen molar-refractivity contribution < 1.29 is 4.79 Å². The second-order valence-electron chi connectivity index (χ2n) is 8.26. The van der Waals surface area contributed by atoms with E-state index in [4.69, 9.17) is 11.6 Å². The van der Waals surface area contributed by atoms with Gasteiger partial charge in [-0.1, -0.05) is 24.3 Å². The summed E-state index contributed by atoms with van der Waals surface area (Å²) in [4.78, 5) is 24.3. The first-order valence-corrected chi connectivity index (χ1v) is 12.1. The highest BCUT2D eigenvalue weighted by Gasteiger charge is 2.24. The summed E-state index contributed by atoms with van der Waals surface area (Å²) in [6.45, 7) is 12.9. The zero-order chi connectivity index (χ0) is 23.8. The maximum absolute atomic E-state index is 11.2. The summed E-state index contributed by atoms with van der Waals surface area (Å²) in [6, 6.07) is 10.5. The molecule has 8 heteroatoms. The molecular formula is C25H30N6OS. The highest BCUT2D eigenvalue weighted by molar-refractivity contribution is 7.98. The number of nitriles is 1. The van der Waals surface area contributed by atoms with Crippen molar-refractivity contribution >= 4 is 34.7 Å². The van der Waals surface area contributed by atoms with E-state index in [2.05, 4.69) is 57.3 Å². The molecule has 1 saturated heterocycles. The van der Waals surface area contributed by atoms with E-state index in [1.165, 1.54) is 11.8 Å². The summed E-state index contributed by atoms with van der Waals surface area (Å²) < 4.78 is 0. The van der Waals surface area contributed by atoms with Crippen LogP contribution in [0.25, 0.3) is 4.85 Å². The number of nitrogens with one attached hydrogen (secondary N) is 1. The van der Waals surface area contributed by atoms with Crippen LogP contribution in [-0.2, 0) is 17.0 Å². The third kappa shape index (κ3) is 6.25. The van der Waals surface area contributed by atoms with Crippen molar-refractivity contribution in [3.63, 3.8) is 0 Å². The monoisotopic (exact) mass is 462 g/mol. The minimum atomic E-state index is 0.194. The fourth-order valence-electron chi connectivity index (χ4n) is 3.85. The van der Waals surface area contributed by atoms with Crippen LogP contribution in [0.3, 0.4) is 0 Å². The summed E-state index contributed by atoms with van der Waals surface area (Å²) in [5, 5.41) is 13.6. The summed E-state index contributed by atoms with van der Waals surface area (Å²) in [5.41, 5.74) is 3.65. The van der Waals surface area contributed by atoms with Gasteiger partial charge in [-0.05, 0) is 44.5 Å². The van der Waals surface area contributed by atoms with E-state index in [-0.39, 0.29) is 5.78 Å². The third-order valence-electron chi connectivity index (χ3n) is 5.78. The Morgan fingerprint density at radius 1 is 1.24 bits per heavy atom. The number of aromatic nitrogens is 1. The molecule has 33 heavy (non-hydrogen) atoms. The molecule has 0 amide bonds. The molecule has 0 atom stereocenters. The van der Waals surface area contributed by atoms with Crippen LogP contribution in [0.15, 0.2) is 29.3 Å². The predicted molar refractivity (Wildman–Crippen MR) is 134 cm³/mol. The van der Waals surface area contributed by atoms with E-state index in [9.17, 15) is 10.1 Å². The third-order valence-corrected chi connectivity index (χ3v) is 6.82. The summed E-state index contributed by atoms with van der Waals surface area (Å²) in [5.74, 6) is 1.52. The Labute approximate surface area is 200 Å². The van der Waals surface area contributed by atoms with Gasteiger partial charge in [0.1, 0.15) is 22.7 Å². The lowest BCUT2D eigenvalue weighted by Crippen LogP contribution is -2.29. The Bertz CT molecular complexity index is 1070. The van der Waals surface area contributed by atoms with Crippen LogP contribution in [0, 0.1) is 17.9 Å². The van der Waals surface area contributed by atoms with E-state index in [0.29, 0.717) is 40.0 Å². The number of nitrogens with zero attached hydrogens (tertiary/aromatic N) is 5. The summed E-state index contributed by atoms with van der Waals surface area (Å²) >= 11 is 1.51. The van der Waals surface area contributed by atoms with Gasteiger partial charge in [0.25, 0.3) is 5.69 Å². The van der Waals surface area contributed by atoms with Gasteiger partial charge in [0.2, 0.25) is 0 Å². The zero-order valence-corrected chi connectivity index (χ0v) is 20.3. The number of hydrogen-bond acceptors (Lipinski definition) is 7. The SMILES string of the molecule is [C-]#[N+]c1c(N2CCCN(C)CC2)nc(SCc2ccc(CCC(C)=O)cc2)c(C#N)c1NC. The zero-order valence-electron chi connectivity index (χ0n) is 19.5. The fraction of sp³-hybridized carbons (Fsp3) is 0.440. The van der Waals surface area contributed by atoms with Crippen molar-refractivity contribution in [2.24, 2.45) is 0 Å². The average molecular weight is 463 g/mol. The number of carbonyl (C=O) groups is 1. The van der Waals surface area contributed by atoms with Crippen LogP contribution in [0.2, 0.25) is 0 Å². The Kier molecular flexibility index (Phi) is 8.71. The molecule has 1 aromatic carbocycles. The van der Waals surface area contributed by atoms with Gasteiger partial charge in [-0.25, -0.2) is 9.83 Å². The molecule has 0 radical (unpaired) electrons. The standard InChI is InChI=1S/C25H30N6OS/c1-18(32)6-7-19-8-10-20(11-9-19)17-33-25-21(16-26)22(27-2)23(28-3)24(29-25)31-13-5-12-30(4)14-15-31/h8-11H,5-7,12-15,17H2,1-2,4H3,(H,27,29). The predicted octanol–water partition coefficient (Wildman–Crippen LogP) is 4.50. The molecule has 0 aliphatic carbocycles. The number of anilines is 2. The van der Waals surface area contributed by atoms with Crippen molar-refractivity contribution in [3.05, 3.63) is 52.4 Å². The van der Waals surface area contributed by atoms with Crippen molar-refractivity contribution in [2.75, 3.05) is 50.5 Å². The van der Waals surface area contributed by atoms with Crippen LogP contribution in [0.1, 0.15) is 36.5 Å². The number of ketones is 1. The number of hydrogen-bond donors (Lipinski definition) is 1. The maximum Gasteiger partial charge on any atom is 0.252 e. The van der Waals surface area contributed by atoms with Crippen molar-refractivity contribution in [3.8, 4) is 6.07 Å². The number of thioether (sulfide) groups is 1. The summed E-state index contributed by atoms with van der Waals surface area (Å²) in [6.07, 6.45) is 2.31. The van der Waals surface area contributed by atoms with E-state index in [1.807, 2.05) is 0 Å². The lowest BCUT2D eigenvalue weighted by atomic mass is 10.1. The molecule has 2 heterocycles. The largest absolute Gasteiger partial charge is 0.395 e. The molecule has 1 fully saturated rings. The van der Waals surface area contributed by atoms with E-state index >= 15 is 0 Å². The molecule has 0 spiro atoms. The molecule has 1 aliphatic heterocycles. The van der Waals surface area contributed by atoms with Crippen molar-refractivity contribution in [1.82, 2.24) is 9.88 Å². The van der Waals surface area contributed by atoms with E-state index in [1.54, 1.807) is 14.0 Å². The number of likely N-dealkylation sites (N-methyl/N-ethyl adjacent to an activating group) is 1. The van der Waals surface area contributed by atoms with E-state index in [0.717, 1.165) is 50.1 Å². The van der Waals surface area contributed by atoms with Gasteiger partial charge in [-0.3, -0.25) is 0 Å². The average Bonchev–Trinajstić information content (AvgIpc) is 3.05. The molecular weight excluding hydrogens is 432 g/mol. The molecule has 0 bridgehead atoms. The molecule has 1 aliphatic rings. The van der Waals surface area contributed by atoms with Gasteiger partial charge < -0.3 is 19.9 Å². The Balaban J connectivity index is 1.87. The van der Waals surface area contributed by atoms with Crippen LogP contribution in [0.4, 0.5) is 17.2 Å². The van der Waals surface area contributed by atoms with Crippen molar-refractivity contribution in [2.45, 2.75) is 37.0 Å². The van der Waals surface area contributed by atoms with Gasteiger partial charge in [0.05, 0.1) is 17.8 Å². The van der Waals surface area contributed by atoms with Gasteiger partial charge in [-0.15, -0.1) is 11.8 Å². The van der Waals surface area contributed by atoms with Crippen LogP contribution >= 0.6 is 11.8 Å². The number of carbonyl (C=O) groups excluding carboxylic acids is 1. The molecule has 2 aromatic rings. The minimum absolute atomic E-state index is 0.194. The number of benzene rings is 1. The number of rotatable bonds is 8. The van der Waals surface area contributed by atoms with Gasteiger partial charge >= 0.3 is 0 Å². The Hall–Kier alpha value is -3.07. The lowest BCUT2D eigenvalue weighted by Gasteiger charge is -2.25. The fourth-order valence-corrected chi connectivity index (χ4v) is 4.79. The molecule has 7 nitrogen and oxygen atoms in total. The van der Waals surface area contributed by atoms with Crippen LogP contribution in [0.5, 0.6) is 0 Å². The molecule has 1 aromatic heterocycles. The minimum Gasteiger partial charge on any atom is -0.395 e. The maximum atomic E-state index is 11.2. The van der Waals surface area contributed by atoms with Crippen LogP contribution < -0.4 is 10.2 Å². The molecule has 1 N–H and O–H groups in total. The molecule has 3 rings (SSSR count). The van der Waals surface area contributed by atoms with Gasteiger partial charge in [-0.2, -0.15) is 5.26 Å². The van der Waals surface area contributed by atoms with Crippen LogP contribution in [-0.4, -0.2) is 55.9 Å². The Morgan fingerprint density at radius 2 is 1.97 bits per heavy atom. The summed E-state index contributed by atoms with van der Waals surface area (Å²) in [7, 11) is 3.86. The molecule has 0 saturated carbocycles. The quantitative estimate of drug-likeness (QED) is 0.457. The normalized spacial score (nSPS) is 14.3. The lowest BCUT2D eigenvalue weighted by molar-refractivity contribution is -0.116. The van der Waals surface area contributed by atoms with Gasteiger partial charge in [0, 0.05) is 38.9 Å². The van der Waals surface area contributed by atoms with Gasteiger partial charge in [0.15, 0.2) is 0 Å². The van der Waals surface area contributed by atoms with Crippen molar-refractivity contribution in [1.29, 1.82) is 5.26 Å². The second kappa shape index (κ2) is 11.7. The molecule has 172 valence electrons. The first-order valence-electron chi connectivity index (χ1n) is 11.1.